The number of piperidine rings is 1. The summed E-state index contributed by atoms with van der Waals surface area (Å²) in [6.45, 7) is 0.790. The van der Waals surface area contributed by atoms with Crippen LogP contribution in [0.3, 0.4) is 0 Å². The molecule has 2 heterocycles. The van der Waals surface area contributed by atoms with E-state index >= 15 is 0 Å². The first-order chi connectivity index (χ1) is 11.1. The van der Waals surface area contributed by atoms with Gasteiger partial charge in [-0.25, -0.2) is 0 Å². The summed E-state index contributed by atoms with van der Waals surface area (Å²) in [7, 11) is 1.55. The Morgan fingerprint density at radius 2 is 2.26 bits per heavy atom. The zero-order valence-corrected chi connectivity index (χ0v) is 12.9. The van der Waals surface area contributed by atoms with Crippen molar-refractivity contribution in [1.29, 1.82) is 0 Å². The lowest BCUT2D eigenvalue weighted by Gasteiger charge is -2.39. The summed E-state index contributed by atoms with van der Waals surface area (Å²) in [5.41, 5.74) is 0.677. The third kappa shape index (κ3) is 2.84. The molecular formula is C16H19NO6. The second-order valence-electron chi connectivity index (χ2n) is 5.59. The average Bonchev–Trinajstić information content (AvgIpc) is 3.01. The number of likely N-dealkylation sites (tertiary alicyclic amines) is 1. The van der Waals surface area contributed by atoms with Crippen molar-refractivity contribution < 1.29 is 28.9 Å². The third-order valence-corrected chi connectivity index (χ3v) is 4.31. The van der Waals surface area contributed by atoms with Crippen LogP contribution < -0.4 is 9.47 Å². The van der Waals surface area contributed by atoms with Gasteiger partial charge in [-0.2, -0.15) is 0 Å². The van der Waals surface area contributed by atoms with E-state index in [0.717, 1.165) is 0 Å². The van der Waals surface area contributed by atoms with Crippen molar-refractivity contribution >= 4 is 11.9 Å². The van der Waals surface area contributed by atoms with Gasteiger partial charge in [-0.1, -0.05) is 12.1 Å². The van der Waals surface area contributed by atoms with Crippen LogP contribution in [0.2, 0.25) is 0 Å². The summed E-state index contributed by atoms with van der Waals surface area (Å²) in [6.07, 6.45) is 0.538. The van der Waals surface area contributed by atoms with E-state index in [4.69, 9.17) is 14.2 Å². The number of amides is 1. The maximum absolute atomic E-state index is 12.4. The molecule has 0 aromatic heterocycles. The van der Waals surface area contributed by atoms with Crippen molar-refractivity contribution in [2.75, 3.05) is 27.1 Å². The number of rotatable bonds is 5. The predicted octanol–water partition coefficient (Wildman–Crippen LogP) is 1.43. The Bertz CT molecular complexity index is 617. The highest BCUT2D eigenvalue weighted by molar-refractivity contribution is 5.82. The molecule has 0 spiro atoms. The van der Waals surface area contributed by atoms with Crippen molar-refractivity contribution in [3.63, 3.8) is 0 Å². The minimum atomic E-state index is -0.915. The van der Waals surface area contributed by atoms with Gasteiger partial charge in [0, 0.05) is 25.6 Å². The van der Waals surface area contributed by atoms with Gasteiger partial charge in [-0.3, -0.25) is 9.59 Å². The fourth-order valence-corrected chi connectivity index (χ4v) is 3.24. The number of methoxy groups -OCH3 is 1. The Morgan fingerprint density at radius 3 is 3.00 bits per heavy atom. The summed E-state index contributed by atoms with van der Waals surface area (Å²) >= 11 is 0. The largest absolute Gasteiger partial charge is 0.481 e. The van der Waals surface area contributed by atoms with E-state index in [1.54, 1.807) is 30.2 Å². The SMILES string of the molecule is COCCN1C(=O)CCC(C(=O)O)C1c1cccc2c1OCO2. The van der Waals surface area contributed by atoms with Gasteiger partial charge in [0.05, 0.1) is 18.6 Å². The summed E-state index contributed by atoms with van der Waals surface area (Å²) < 4.78 is 16.0. The topological polar surface area (TPSA) is 85.3 Å². The summed E-state index contributed by atoms with van der Waals surface area (Å²) in [5, 5.41) is 9.61. The van der Waals surface area contributed by atoms with Crippen LogP contribution in [-0.4, -0.2) is 48.9 Å². The number of carbonyl (C=O) groups is 2. The molecule has 0 bridgehead atoms. The third-order valence-electron chi connectivity index (χ3n) is 4.31. The van der Waals surface area contributed by atoms with Crippen molar-refractivity contribution in [2.24, 2.45) is 5.92 Å². The fourth-order valence-electron chi connectivity index (χ4n) is 3.24. The van der Waals surface area contributed by atoms with Crippen LogP contribution in [0, 0.1) is 5.92 Å². The lowest BCUT2D eigenvalue weighted by Crippen LogP contribution is -2.46. The number of nitrogens with zero attached hydrogens (tertiary/aromatic N) is 1. The number of carboxylic acids is 1. The van der Waals surface area contributed by atoms with Gasteiger partial charge in [0.2, 0.25) is 12.7 Å². The van der Waals surface area contributed by atoms with E-state index < -0.39 is 17.9 Å². The maximum atomic E-state index is 12.4. The molecule has 2 unspecified atom stereocenters. The standard InChI is InChI=1S/C16H19NO6/c1-21-8-7-17-13(18)6-5-11(16(19)20)14(17)10-3-2-4-12-15(10)23-9-22-12/h2-4,11,14H,5-9H2,1H3,(H,19,20). The van der Waals surface area contributed by atoms with Crippen molar-refractivity contribution in [3.05, 3.63) is 23.8 Å². The van der Waals surface area contributed by atoms with Crippen molar-refractivity contribution in [3.8, 4) is 11.5 Å². The number of para-hydroxylation sites is 1. The van der Waals surface area contributed by atoms with Gasteiger partial charge in [0.25, 0.3) is 0 Å². The molecule has 2 atom stereocenters. The number of fused-ring (bicyclic) bond motifs is 1. The van der Waals surface area contributed by atoms with Crippen LogP contribution in [0.1, 0.15) is 24.4 Å². The fraction of sp³-hybridized carbons (Fsp3) is 0.500. The zero-order chi connectivity index (χ0) is 16.4. The Morgan fingerprint density at radius 1 is 1.43 bits per heavy atom. The monoisotopic (exact) mass is 321 g/mol. The predicted molar refractivity (Wildman–Crippen MR) is 79.3 cm³/mol. The normalized spacial score (nSPS) is 23.2. The van der Waals surface area contributed by atoms with Gasteiger partial charge >= 0.3 is 5.97 Å². The van der Waals surface area contributed by atoms with E-state index in [1.165, 1.54) is 0 Å². The number of carboxylic acid groups (broad SMARTS) is 1. The molecule has 7 nitrogen and oxygen atoms in total. The molecule has 7 heteroatoms. The number of hydrogen-bond acceptors (Lipinski definition) is 5. The molecule has 1 aromatic rings. The van der Waals surface area contributed by atoms with Crippen LogP contribution >= 0.6 is 0 Å². The van der Waals surface area contributed by atoms with E-state index in [-0.39, 0.29) is 19.1 Å². The number of aliphatic carboxylic acids is 1. The van der Waals surface area contributed by atoms with E-state index in [1.807, 2.05) is 0 Å². The Kier molecular flexibility index (Phi) is 4.38. The lowest BCUT2D eigenvalue weighted by molar-refractivity contribution is -0.152. The first kappa shape index (κ1) is 15.6. The van der Waals surface area contributed by atoms with Crippen molar-refractivity contribution in [2.45, 2.75) is 18.9 Å². The number of ether oxygens (including phenoxy) is 3. The molecule has 3 rings (SSSR count). The smallest absolute Gasteiger partial charge is 0.308 e. The highest BCUT2D eigenvalue weighted by Crippen LogP contribution is 2.45. The maximum Gasteiger partial charge on any atom is 0.308 e. The molecule has 1 N–H and O–H groups in total. The molecule has 0 saturated carbocycles. The van der Waals surface area contributed by atoms with Gasteiger partial charge in [0.15, 0.2) is 11.5 Å². The van der Waals surface area contributed by atoms with Gasteiger partial charge < -0.3 is 24.2 Å². The second-order valence-corrected chi connectivity index (χ2v) is 5.59. The summed E-state index contributed by atoms with van der Waals surface area (Å²) in [5.74, 6) is -0.556. The van der Waals surface area contributed by atoms with Gasteiger partial charge in [0.1, 0.15) is 0 Å². The molecule has 1 saturated heterocycles. The van der Waals surface area contributed by atoms with Gasteiger partial charge in [-0.05, 0) is 12.5 Å². The first-order valence-electron chi connectivity index (χ1n) is 7.53. The van der Waals surface area contributed by atoms with Crippen LogP contribution in [0.25, 0.3) is 0 Å². The Balaban J connectivity index is 2.03. The van der Waals surface area contributed by atoms with Crippen LogP contribution in [0.15, 0.2) is 18.2 Å². The van der Waals surface area contributed by atoms with E-state index in [2.05, 4.69) is 0 Å². The van der Waals surface area contributed by atoms with E-state index in [0.29, 0.717) is 36.6 Å². The lowest BCUT2D eigenvalue weighted by atomic mass is 9.83. The molecule has 1 fully saturated rings. The summed E-state index contributed by atoms with van der Waals surface area (Å²) in [4.78, 5) is 25.7. The Labute approximate surface area is 133 Å². The van der Waals surface area contributed by atoms with E-state index in [9.17, 15) is 14.7 Å². The quantitative estimate of drug-likeness (QED) is 0.883. The number of hydrogen-bond donors (Lipinski definition) is 1. The van der Waals surface area contributed by atoms with Crippen LogP contribution in [0.4, 0.5) is 0 Å². The molecule has 1 aromatic carbocycles. The first-order valence-corrected chi connectivity index (χ1v) is 7.53. The minimum Gasteiger partial charge on any atom is -0.481 e. The molecule has 0 radical (unpaired) electrons. The highest BCUT2D eigenvalue weighted by Gasteiger charge is 2.42. The zero-order valence-electron chi connectivity index (χ0n) is 12.9. The van der Waals surface area contributed by atoms with Crippen LogP contribution in [-0.2, 0) is 14.3 Å². The molecular weight excluding hydrogens is 302 g/mol. The number of carbonyl (C=O) groups excluding carboxylic acids is 1. The van der Waals surface area contributed by atoms with Crippen LogP contribution in [0.5, 0.6) is 11.5 Å². The molecule has 2 aliphatic heterocycles. The second kappa shape index (κ2) is 6.45. The molecule has 23 heavy (non-hydrogen) atoms. The number of benzene rings is 1. The minimum absolute atomic E-state index is 0.0685. The Hall–Kier alpha value is -2.28. The highest BCUT2D eigenvalue weighted by atomic mass is 16.7. The average molecular weight is 321 g/mol. The summed E-state index contributed by atoms with van der Waals surface area (Å²) in [6, 6.07) is 4.77. The molecule has 2 aliphatic rings. The van der Waals surface area contributed by atoms with Crippen molar-refractivity contribution in [1.82, 2.24) is 4.90 Å². The molecule has 0 aliphatic carbocycles. The molecule has 124 valence electrons. The molecule has 1 amide bonds. The van der Waals surface area contributed by atoms with Gasteiger partial charge in [-0.15, -0.1) is 0 Å².